The van der Waals surface area contributed by atoms with Crippen molar-refractivity contribution >= 4 is 11.5 Å². The second-order valence-corrected chi connectivity index (χ2v) is 3.70. The highest BCUT2D eigenvalue weighted by Crippen LogP contribution is 2.37. The summed E-state index contributed by atoms with van der Waals surface area (Å²) in [4.78, 5) is 20.0. The first-order valence-corrected chi connectivity index (χ1v) is 4.89. The number of aliphatic hydroxyl groups excluding tert-OH is 1. The Balaban J connectivity index is 3.07. The van der Waals surface area contributed by atoms with Crippen LogP contribution in [0.5, 0.6) is 0 Å². The highest BCUT2D eigenvalue weighted by atomic mass is 19.4. The third kappa shape index (κ3) is 3.07. The number of hydrogen-bond donors (Lipinski definition) is 1. The van der Waals surface area contributed by atoms with Crippen molar-refractivity contribution in [1.82, 2.24) is 0 Å². The molecule has 0 bridgehead atoms. The van der Waals surface area contributed by atoms with Crippen LogP contribution in [0.4, 0.5) is 27.6 Å². The molecule has 5 nitrogen and oxygen atoms in total. The molecule has 0 aliphatic rings. The largest absolute Gasteiger partial charge is 0.456 e. The van der Waals surface area contributed by atoms with Gasteiger partial charge in [-0.15, -0.1) is 0 Å². The van der Waals surface area contributed by atoms with E-state index < -0.39 is 40.2 Å². The van der Waals surface area contributed by atoms with Gasteiger partial charge >= 0.3 is 17.9 Å². The Hall–Kier alpha value is -2.10. The van der Waals surface area contributed by atoms with E-state index in [2.05, 4.69) is 0 Å². The number of halogens is 5. The van der Waals surface area contributed by atoms with E-state index in [9.17, 15) is 42.0 Å². The molecule has 0 fully saturated rings. The van der Waals surface area contributed by atoms with E-state index >= 15 is 0 Å². The molecule has 1 unspecified atom stereocenters. The van der Waals surface area contributed by atoms with Gasteiger partial charge in [0.05, 0.1) is 4.92 Å². The van der Waals surface area contributed by atoms with Crippen molar-refractivity contribution in [3.8, 4) is 0 Å². The molecule has 0 heterocycles. The second kappa shape index (κ2) is 5.12. The number of Topliss-reactive ketones (excluding diaryl/α,β-unsaturated/α-hetero) is 1. The molecule has 0 amide bonds. The Morgan fingerprint density at radius 1 is 1.15 bits per heavy atom. The number of rotatable bonds is 4. The van der Waals surface area contributed by atoms with Crippen LogP contribution in [0.15, 0.2) is 24.3 Å². The first kappa shape index (κ1) is 16.0. The molecule has 1 atom stereocenters. The summed E-state index contributed by atoms with van der Waals surface area (Å²) in [5, 5.41) is 19.5. The number of alkyl halides is 5. The fraction of sp³-hybridized carbons (Fsp3) is 0.300. The summed E-state index contributed by atoms with van der Waals surface area (Å²) in [7, 11) is 0. The first-order chi connectivity index (χ1) is 8.98. The lowest BCUT2D eigenvalue weighted by Crippen LogP contribution is -2.44. The van der Waals surface area contributed by atoms with Crippen molar-refractivity contribution < 1.29 is 36.8 Å². The van der Waals surface area contributed by atoms with E-state index in [1.165, 1.54) is 0 Å². The van der Waals surface area contributed by atoms with Gasteiger partial charge in [-0.1, -0.05) is 0 Å². The van der Waals surface area contributed by atoms with Crippen LogP contribution in [0.1, 0.15) is 11.7 Å². The summed E-state index contributed by atoms with van der Waals surface area (Å²) < 4.78 is 62.3. The number of hydrogen-bond acceptors (Lipinski definition) is 4. The number of ketones is 1. The van der Waals surface area contributed by atoms with E-state index in [-0.39, 0.29) is 0 Å². The van der Waals surface area contributed by atoms with Crippen LogP contribution < -0.4 is 0 Å². The molecule has 1 aromatic rings. The maximum Gasteiger partial charge on any atom is 0.456 e. The Morgan fingerprint density at radius 3 is 1.95 bits per heavy atom. The third-order valence-corrected chi connectivity index (χ3v) is 2.32. The van der Waals surface area contributed by atoms with E-state index in [4.69, 9.17) is 0 Å². The summed E-state index contributed by atoms with van der Waals surface area (Å²) in [5.74, 6) is -8.48. The normalized spacial score (nSPS) is 13.9. The highest BCUT2D eigenvalue weighted by Gasteiger charge is 2.59. The van der Waals surface area contributed by atoms with Crippen molar-refractivity contribution in [2.75, 3.05) is 0 Å². The van der Waals surface area contributed by atoms with Crippen LogP contribution in [0.25, 0.3) is 0 Å². The number of aliphatic hydroxyl groups is 1. The molecular formula is C10H6F5NO4. The Labute approximate surface area is 107 Å². The fourth-order valence-electron chi connectivity index (χ4n) is 1.30. The number of nitro groups is 1. The standard InChI is InChI=1S/C10H6F5NO4/c11-9(12,8(18)10(13,14)15)7(17)5-1-3-6(4-2-5)16(19)20/h1-4,7,17H. The van der Waals surface area contributed by atoms with Crippen molar-refractivity contribution in [3.63, 3.8) is 0 Å². The van der Waals surface area contributed by atoms with E-state index in [1.807, 2.05) is 0 Å². The minimum atomic E-state index is -5.81. The Kier molecular flexibility index (Phi) is 4.08. The molecule has 0 spiro atoms. The molecule has 1 rings (SSSR count). The molecule has 0 aliphatic carbocycles. The zero-order valence-corrected chi connectivity index (χ0v) is 9.40. The minimum Gasteiger partial charge on any atom is -0.382 e. The third-order valence-electron chi connectivity index (χ3n) is 2.32. The number of nitro benzene ring substituents is 1. The number of non-ortho nitro benzene ring substituents is 1. The zero-order valence-electron chi connectivity index (χ0n) is 9.40. The van der Waals surface area contributed by atoms with Gasteiger partial charge in [0.2, 0.25) is 0 Å². The van der Waals surface area contributed by atoms with Crippen LogP contribution in [0.3, 0.4) is 0 Å². The highest BCUT2D eigenvalue weighted by molar-refractivity contribution is 5.91. The molecule has 0 saturated carbocycles. The molecule has 0 aromatic heterocycles. The van der Waals surface area contributed by atoms with Gasteiger partial charge in [-0.25, -0.2) is 0 Å². The quantitative estimate of drug-likeness (QED) is 0.526. The first-order valence-electron chi connectivity index (χ1n) is 4.89. The van der Waals surface area contributed by atoms with Gasteiger partial charge in [0.25, 0.3) is 5.69 Å². The number of benzene rings is 1. The lowest BCUT2D eigenvalue weighted by molar-refractivity contribution is -0.384. The summed E-state index contributed by atoms with van der Waals surface area (Å²) in [6.07, 6.45) is -8.87. The minimum absolute atomic E-state index is 0.508. The summed E-state index contributed by atoms with van der Waals surface area (Å²) in [5.41, 5.74) is -1.26. The van der Waals surface area contributed by atoms with E-state index in [1.54, 1.807) is 0 Å². The molecule has 20 heavy (non-hydrogen) atoms. The number of nitrogens with zero attached hydrogens (tertiary/aromatic N) is 1. The topological polar surface area (TPSA) is 80.4 Å². The Bertz CT molecular complexity index is 525. The number of carbonyl (C=O) groups excluding carboxylic acids is 1. The molecule has 0 saturated heterocycles. The average Bonchev–Trinajstić information content (AvgIpc) is 2.35. The lowest BCUT2D eigenvalue weighted by Gasteiger charge is -2.22. The molecule has 0 aliphatic heterocycles. The smallest absolute Gasteiger partial charge is 0.382 e. The van der Waals surface area contributed by atoms with Gasteiger partial charge in [0.15, 0.2) is 6.10 Å². The molecular weight excluding hydrogens is 293 g/mol. The molecule has 110 valence electrons. The molecule has 10 heteroatoms. The van der Waals surface area contributed by atoms with Gasteiger partial charge in [-0.3, -0.25) is 14.9 Å². The second-order valence-electron chi connectivity index (χ2n) is 3.70. The van der Waals surface area contributed by atoms with Gasteiger partial charge < -0.3 is 5.11 Å². The van der Waals surface area contributed by atoms with Crippen molar-refractivity contribution in [3.05, 3.63) is 39.9 Å². The van der Waals surface area contributed by atoms with Crippen LogP contribution in [0, 0.1) is 10.1 Å². The van der Waals surface area contributed by atoms with Crippen LogP contribution >= 0.6 is 0 Å². The predicted octanol–water partition coefficient (Wildman–Crippen LogP) is 2.39. The maximum absolute atomic E-state index is 13.2. The van der Waals surface area contributed by atoms with Crippen LogP contribution in [0.2, 0.25) is 0 Å². The summed E-state index contributed by atoms with van der Waals surface area (Å²) in [6.45, 7) is 0. The summed E-state index contributed by atoms with van der Waals surface area (Å²) in [6, 6.07) is 2.71. The molecule has 0 radical (unpaired) electrons. The summed E-state index contributed by atoms with van der Waals surface area (Å²) >= 11 is 0. The van der Waals surface area contributed by atoms with Gasteiger partial charge in [0.1, 0.15) is 0 Å². The Morgan fingerprint density at radius 2 is 1.60 bits per heavy atom. The van der Waals surface area contributed by atoms with Crippen LogP contribution in [-0.2, 0) is 4.79 Å². The molecule has 1 aromatic carbocycles. The van der Waals surface area contributed by atoms with Gasteiger partial charge in [-0.2, -0.15) is 22.0 Å². The van der Waals surface area contributed by atoms with Crippen LogP contribution in [-0.4, -0.2) is 27.9 Å². The fourth-order valence-corrected chi connectivity index (χ4v) is 1.30. The molecule has 1 N–H and O–H groups in total. The van der Waals surface area contributed by atoms with Crippen molar-refractivity contribution in [2.45, 2.75) is 18.2 Å². The van der Waals surface area contributed by atoms with Gasteiger partial charge in [-0.05, 0) is 17.7 Å². The van der Waals surface area contributed by atoms with Gasteiger partial charge in [0, 0.05) is 12.1 Å². The average molecular weight is 299 g/mol. The number of carbonyl (C=O) groups is 1. The lowest BCUT2D eigenvalue weighted by atomic mass is 10.00. The van der Waals surface area contributed by atoms with E-state index in [0.29, 0.717) is 24.3 Å². The van der Waals surface area contributed by atoms with E-state index in [0.717, 1.165) is 0 Å². The SMILES string of the molecule is O=C(C(F)(F)F)C(F)(F)C(O)c1ccc([N+](=O)[O-])cc1. The monoisotopic (exact) mass is 299 g/mol. The van der Waals surface area contributed by atoms with Crippen molar-refractivity contribution in [2.24, 2.45) is 0 Å². The maximum atomic E-state index is 13.2. The predicted molar refractivity (Wildman–Crippen MR) is 54.1 cm³/mol. The van der Waals surface area contributed by atoms with Crippen molar-refractivity contribution in [1.29, 1.82) is 0 Å². The zero-order chi connectivity index (χ0) is 15.7.